The molecular weight excluding hydrogens is 272 g/mol. The van der Waals surface area contributed by atoms with Crippen LogP contribution < -0.4 is 5.32 Å². The normalized spacial score (nSPS) is 10.7. The van der Waals surface area contributed by atoms with Crippen molar-refractivity contribution in [3.8, 4) is 0 Å². The Morgan fingerprint density at radius 2 is 1.73 bits per heavy atom. The minimum Gasteiger partial charge on any atom is -0.322 e. The number of carbonyl (C=O) groups excluding carboxylic acids is 1. The molecule has 0 aliphatic rings. The van der Waals surface area contributed by atoms with Gasteiger partial charge in [-0.05, 0) is 49.8 Å². The summed E-state index contributed by atoms with van der Waals surface area (Å²) in [6.07, 6.45) is 0. The van der Waals surface area contributed by atoms with Gasteiger partial charge in [-0.3, -0.25) is 9.69 Å². The van der Waals surface area contributed by atoms with Gasteiger partial charge < -0.3 is 5.32 Å². The van der Waals surface area contributed by atoms with Crippen LogP contribution in [0.2, 0.25) is 0 Å². The van der Waals surface area contributed by atoms with Crippen molar-refractivity contribution in [1.29, 1.82) is 0 Å². The molecule has 1 amide bonds. The lowest BCUT2D eigenvalue weighted by molar-refractivity contribution is 0.102. The van der Waals surface area contributed by atoms with Crippen LogP contribution in [0, 0.1) is 6.92 Å². The van der Waals surface area contributed by atoms with Crippen LogP contribution in [-0.2, 0) is 6.54 Å². The van der Waals surface area contributed by atoms with Gasteiger partial charge in [0.25, 0.3) is 5.91 Å². The van der Waals surface area contributed by atoms with E-state index in [2.05, 4.69) is 36.2 Å². The first-order chi connectivity index (χ1) is 10.6. The average Bonchev–Trinajstić information content (AvgIpc) is 2.54. The molecule has 0 fully saturated rings. The Bertz CT molecular complexity index is 616. The predicted molar refractivity (Wildman–Crippen MR) is 92.2 cm³/mol. The van der Waals surface area contributed by atoms with E-state index in [0.717, 1.165) is 30.9 Å². The van der Waals surface area contributed by atoms with Gasteiger partial charge >= 0.3 is 0 Å². The maximum absolute atomic E-state index is 12.2. The Morgan fingerprint density at radius 1 is 1.05 bits per heavy atom. The fourth-order valence-corrected chi connectivity index (χ4v) is 2.39. The zero-order valence-electron chi connectivity index (χ0n) is 13.6. The Hall–Kier alpha value is -2.13. The van der Waals surface area contributed by atoms with E-state index in [0.29, 0.717) is 5.56 Å². The molecule has 0 radical (unpaired) electrons. The van der Waals surface area contributed by atoms with Gasteiger partial charge in [0, 0.05) is 17.8 Å². The van der Waals surface area contributed by atoms with Crippen molar-refractivity contribution in [2.24, 2.45) is 0 Å². The van der Waals surface area contributed by atoms with Crippen molar-refractivity contribution >= 4 is 11.6 Å². The number of hydrogen-bond acceptors (Lipinski definition) is 2. The molecule has 1 N–H and O–H groups in total. The Labute approximate surface area is 133 Å². The minimum absolute atomic E-state index is 0.0693. The minimum atomic E-state index is -0.0693. The fraction of sp³-hybridized carbons (Fsp3) is 0.316. The van der Waals surface area contributed by atoms with Crippen LogP contribution in [0.3, 0.4) is 0 Å². The monoisotopic (exact) mass is 296 g/mol. The molecule has 0 bridgehead atoms. The molecule has 0 aromatic heterocycles. The van der Waals surface area contributed by atoms with E-state index in [4.69, 9.17) is 0 Å². The lowest BCUT2D eigenvalue weighted by atomic mass is 10.1. The summed E-state index contributed by atoms with van der Waals surface area (Å²) in [7, 11) is 0. The third-order valence-electron chi connectivity index (χ3n) is 3.79. The van der Waals surface area contributed by atoms with Crippen LogP contribution in [0.15, 0.2) is 48.5 Å². The van der Waals surface area contributed by atoms with Crippen molar-refractivity contribution in [3.63, 3.8) is 0 Å². The van der Waals surface area contributed by atoms with Crippen LogP contribution in [0.25, 0.3) is 0 Å². The molecule has 0 aliphatic carbocycles. The van der Waals surface area contributed by atoms with Crippen molar-refractivity contribution in [3.05, 3.63) is 65.2 Å². The van der Waals surface area contributed by atoms with Crippen molar-refractivity contribution in [1.82, 2.24) is 4.90 Å². The zero-order chi connectivity index (χ0) is 15.9. The molecule has 2 aromatic carbocycles. The second-order valence-electron chi connectivity index (χ2n) is 5.48. The molecule has 0 saturated carbocycles. The molecule has 0 saturated heterocycles. The second kappa shape index (κ2) is 7.76. The van der Waals surface area contributed by atoms with Crippen molar-refractivity contribution in [2.75, 3.05) is 18.4 Å². The molecular formula is C19H24N2O. The summed E-state index contributed by atoms with van der Waals surface area (Å²) in [5.41, 5.74) is 3.86. The Kier molecular flexibility index (Phi) is 5.73. The highest BCUT2D eigenvalue weighted by Crippen LogP contribution is 2.13. The Morgan fingerprint density at radius 3 is 2.32 bits per heavy atom. The SMILES string of the molecule is CCN(CC)Cc1ccc(NC(=O)c2cccc(C)c2)cc1. The van der Waals surface area contributed by atoms with Crippen LogP contribution >= 0.6 is 0 Å². The first kappa shape index (κ1) is 16.2. The number of hydrogen-bond donors (Lipinski definition) is 1. The highest BCUT2D eigenvalue weighted by molar-refractivity contribution is 6.04. The molecule has 0 unspecified atom stereocenters. The molecule has 0 atom stereocenters. The van der Waals surface area contributed by atoms with E-state index in [1.165, 1.54) is 5.56 Å². The van der Waals surface area contributed by atoms with Gasteiger partial charge in [0.05, 0.1) is 0 Å². The van der Waals surface area contributed by atoms with E-state index in [-0.39, 0.29) is 5.91 Å². The topological polar surface area (TPSA) is 32.3 Å². The van der Waals surface area contributed by atoms with Crippen LogP contribution in [0.5, 0.6) is 0 Å². The van der Waals surface area contributed by atoms with E-state index < -0.39 is 0 Å². The van der Waals surface area contributed by atoms with E-state index in [1.54, 1.807) is 0 Å². The van der Waals surface area contributed by atoms with E-state index >= 15 is 0 Å². The average molecular weight is 296 g/mol. The first-order valence-corrected chi connectivity index (χ1v) is 7.81. The maximum Gasteiger partial charge on any atom is 0.255 e. The molecule has 3 nitrogen and oxygen atoms in total. The largest absolute Gasteiger partial charge is 0.322 e. The van der Waals surface area contributed by atoms with E-state index in [9.17, 15) is 4.79 Å². The summed E-state index contributed by atoms with van der Waals surface area (Å²) in [5, 5.41) is 2.94. The summed E-state index contributed by atoms with van der Waals surface area (Å²) < 4.78 is 0. The van der Waals surface area contributed by atoms with Crippen LogP contribution in [0.1, 0.15) is 35.3 Å². The van der Waals surface area contributed by atoms with Gasteiger partial charge in [0.2, 0.25) is 0 Å². The molecule has 0 heterocycles. The first-order valence-electron chi connectivity index (χ1n) is 7.81. The Balaban J connectivity index is 2.00. The molecule has 0 spiro atoms. The molecule has 2 rings (SSSR count). The molecule has 22 heavy (non-hydrogen) atoms. The van der Waals surface area contributed by atoms with Crippen molar-refractivity contribution < 1.29 is 4.79 Å². The lowest BCUT2D eigenvalue weighted by Gasteiger charge is -2.18. The smallest absolute Gasteiger partial charge is 0.255 e. The lowest BCUT2D eigenvalue weighted by Crippen LogP contribution is -2.22. The summed E-state index contributed by atoms with van der Waals surface area (Å²) >= 11 is 0. The number of rotatable bonds is 6. The summed E-state index contributed by atoms with van der Waals surface area (Å²) in [6.45, 7) is 9.35. The molecule has 0 aliphatic heterocycles. The van der Waals surface area contributed by atoms with Gasteiger partial charge in [-0.2, -0.15) is 0 Å². The van der Waals surface area contributed by atoms with E-state index in [1.807, 2.05) is 43.3 Å². The number of benzene rings is 2. The number of nitrogens with one attached hydrogen (secondary N) is 1. The standard InChI is InChI=1S/C19H24N2O/c1-4-21(5-2)14-16-9-11-18(12-10-16)20-19(22)17-8-6-7-15(3)13-17/h6-13H,4-5,14H2,1-3H3,(H,20,22). The molecule has 116 valence electrons. The quantitative estimate of drug-likeness (QED) is 0.871. The van der Waals surface area contributed by atoms with Crippen LogP contribution in [-0.4, -0.2) is 23.9 Å². The van der Waals surface area contributed by atoms with Gasteiger partial charge in [-0.15, -0.1) is 0 Å². The van der Waals surface area contributed by atoms with Gasteiger partial charge in [-0.25, -0.2) is 0 Å². The molecule has 2 aromatic rings. The molecule has 3 heteroatoms. The zero-order valence-corrected chi connectivity index (χ0v) is 13.6. The number of anilines is 1. The number of nitrogens with zero attached hydrogens (tertiary/aromatic N) is 1. The second-order valence-corrected chi connectivity index (χ2v) is 5.48. The number of amides is 1. The third-order valence-corrected chi connectivity index (χ3v) is 3.79. The summed E-state index contributed by atoms with van der Waals surface area (Å²) in [5.74, 6) is -0.0693. The summed E-state index contributed by atoms with van der Waals surface area (Å²) in [6, 6.07) is 15.7. The van der Waals surface area contributed by atoms with Crippen molar-refractivity contribution in [2.45, 2.75) is 27.3 Å². The predicted octanol–water partition coefficient (Wildman–Crippen LogP) is 4.09. The van der Waals surface area contributed by atoms with Gasteiger partial charge in [0.1, 0.15) is 0 Å². The fourth-order valence-electron chi connectivity index (χ4n) is 2.39. The highest BCUT2D eigenvalue weighted by Gasteiger charge is 2.06. The van der Waals surface area contributed by atoms with Crippen LogP contribution in [0.4, 0.5) is 5.69 Å². The number of aryl methyl sites for hydroxylation is 1. The highest BCUT2D eigenvalue weighted by atomic mass is 16.1. The third kappa shape index (κ3) is 4.43. The van der Waals surface area contributed by atoms with Gasteiger partial charge in [-0.1, -0.05) is 43.7 Å². The van der Waals surface area contributed by atoms with Gasteiger partial charge in [0.15, 0.2) is 0 Å². The maximum atomic E-state index is 12.2. The summed E-state index contributed by atoms with van der Waals surface area (Å²) in [4.78, 5) is 14.6. The number of carbonyl (C=O) groups is 1.